The van der Waals surface area contributed by atoms with Gasteiger partial charge in [-0.1, -0.05) is 86.8 Å². The van der Waals surface area contributed by atoms with Crippen molar-refractivity contribution < 1.29 is 0 Å². The summed E-state index contributed by atoms with van der Waals surface area (Å²) in [5.74, 6) is 3.91. The lowest BCUT2D eigenvalue weighted by molar-refractivity contribution is -0.0698. The molecule has 7 atom stereocenters. The SMILES string of the molecule is CC.CCC.CCC1(C)CCC2C3CC=C4CC(C)CC[C@]4(C)C3CCC21C. The molecule has 28 heavy (non-hydrogen) atoms. The van der Waals surface area contributed by atoms with E-state index in [-0.39, 0.29) is 0 Å². The highest BCUT2D eigenvalue weighted by Crippen LogP contribution is 2.70. The first-order chi connectivity index (χ1) is 13.3. The zero-order valence-electron chi connectivity index (χ0n) is 21.0. The Morgan fingerprint density at radius 2 is 1.50 bits per heavy atom. The molecule has 4 aliphatic carbocycles. The molecule has 0 saturated heterocycles. The lowest BCUT2D eigenvalue weighted by atomic mass is 9.45. The average Bonchev–Trinajstić information content (AvgIpc) is 2.96. The number of fused-ring (bicyclic) bond motifs is 5. The largest absolute Gasteiger partial charge is 0.0845 e. The van der Waals surface area contributed by atoms with Crippen LogP contribution in [0.2, 0.25) is 0 Å². The second-order valence-electron chi connectivity index (χ2n) is 11.2. The fourth-order valence-electron chi connectivity index (χ4n) is 7.79. The zero-order valence-corrected chi connectivity index (χ0v) is 21.0. The van der Waals surface area contributed by atoms with Gasteiger partial charge in [0.25, 0.3) is 0 Å². The Kier molecular flexibility index (Phi) is 7.94. The number of hydrogen-bond acceptors (Lipinski definition) is 0. The van der Waals surface area contributed by atoms with Crippen molar-refractivity contribution in [1.29, 1.82) is 0 Å². The van der Waals surface area contributed by atoms with Gasteiger partial charge in [-0.05, 0) is 91.3 Å². The Morgan fingerprint density at radius 1 is 0.893 bits per heavy atom. The minimum absolute atomic E-state index is 0.558. The van der Waals surface area contributed by atoms with Crippen molar-refractivity contribution in [2.75, 3.05) is 0 Å². The smallest absolute Gasteiger partial charge is 0.00851 e. The monoisotopic (exact) mass is 388 g/mol. The van der Waals surface area contributed by atoms with E-state index in [1.807, 2.05) is 19.4 Å². The molecular formula is C28H52. The Balaban J connectivity index is 0.000000514. The van der Waals surface area contributed by atoms with Crippen LogP contribution in [0.3, 0.4) is 0 Å². The predicted octanol–water partition coefficient (Wildman–Crippen LogP) is 9.44. The summed E-state index contributed by atoms with van der Waals surface area (Å²) in [4.78, 5) is 0. The lowest BCUT2D eigenvalue weighted by Crippen LogP contribution is -2.51. The molecule has 6 unspecified atom stereocenters. The Labute approximate surface area is 178 Å². The predicted molar refractivity (Wildman–Crippen MR) is 127 cm³/mol. The first-order valence-electron chi connectivity index (χ1n) is 12.9. The van der Waals surface area contributed by atoms with Gasteiger partial charge in [-0.25, -0.2) is 0 Å². The molecule has 0 amide bonds. The van der Waals surface area contributed by atoms with E-state index in [2.05, 4.69) is 54.5 Å². The summed E-state index contributed by atoms with van der Waals surface area (Å²) in [5, 5.41) is 0. The summed E-state index contributed by atoms with van der Waals surface area (Å²) >= 11 is 0. The molecule has 0 bridgehead atoms. The molecule has 0 N–H and O–H groups in total. The van der Waals surface area contributed by atoms with Crippen LogP contribution < -0.4 is 0 Å². The molecular weight excluding hydrogens is 336 g/mol. The average molecular weight is 389 g/mol. The van der Waals surface area contributed by atoms with Crippen LogP contribution in [-0.2, 0) is 0 Å². The standard InChI is InChI=1S/C23H38.C3H8.C2H6/c1-6-21(3)12-10-20-18-8-7-17-15-16(2)9-13-22(17,4)19(18)11-14-23(20,21)5;1-3-2;1-2/h7,16,18-20H,6,8-15H2,1-5H3;3H2,1-2H3;1-2H3/t16?,18?,19?,20?,21?,22-,23?;;/m0../s1. The van der Waals surface area contributed by atoms with Crippen molar-refractivity contribution in [3.05, 3.63) is 11.6 Å². The Bertz CT molecular complexity index is 530. The number of rotatable bonds is 1. The van der Waals surface area contributed by atoms with E-state index in [1.54, 1.807) is 0 Å². The van der Waals surface area contributed by atoms with Gasteiger partial charge < -0.3 is 0 Å². The molecule has 3 fully saturated rings. The first-order valence-corrected chi connectivity index (χ1v) is 12.9. The van der Waals surface area contributed by atoms with Crippen molar-refractivity contribution in [2.45, 2.75) is 127 Å². The Morgan fingerprint density at radius 3 is 2.11 bits per heavy atom. The van der Waals surface area contributed by atoms with Gasteiger partial charge >= 0.3 is 0 Å². The van der Waals surface area contributed by atoms with E-state index in [0.717, 1.165) is 23.7 Å². The molecule has 0 aliphatic heterocycles. The minimum atomic E-state index is 0.558. The van der Waals surface area contributed by atoms with Gasteiger partial charge in [0.05, 0.1) is 0 Å². The molecule has 4 aliphatic rings. The van der Waals surface area contributed by atoms with Crippen LogP contribution in [0.1, 0.15) is 127 Å². The third-order valence-corrected chi connectivity index (χ3v) is 9.91. The van der Waals surface area contributed by atoms with Crippen LogP contribution in [-0.4, -0.2) is 0 Å². The van der Waals surface area contributed by atoms with Gasteiger partial charge in [0.1, 0.15) is 0 Å². The fourth-order valence-corrected chi connectivity index (χ4v) is 7.79. The summed E-state index contributed by atoms with van der Waals surface area (Å²) in [6.45, 7) is 21.1. The molecule has 3 saturated carbocycles. The summed E-state index contributed by atoms with van der Waals surface area (Å²) in [6.07, 6.45) is 17.1. The normalized spacial score (nSPS) is 46.5. The number of allylic oxidation sites excluding steroid dienone is 2. The molecule has 0 radical (unpaired) electrons. The maximum Gasteiger partial charge on any atom is -0.00851 e. The number of hydrogen-bond donors (Lipinski definition) is 0. The van der Waals surface area contributed by atoms with Crippen molar-refractivity contribution in [2.24, 2.45) is 39.9 Å². The van der Waals surface area contributed by atoms with E-state index in [4.69, 9.17) is 0 Å². The van der Waals surface area contributed by atoms with E-state index >= 15 is 0 Å². The molecule has 0 heterocycles. The quantitative estimate of drug-likeness (QED) is 0.392. The third-order valence-electron chi connectivity index (χ3n) is 9.91. The molecule has 164 valence electrons. The van der Waals surface area contributed by atoms with Crippen LogP contribution in [0.15, 0.2) is 11.6 Å². The van der Waals surface area contributed by atoms with Gasteiger partial charge in [0.15, 0.2) is 0 Å². The minimum Gasteiger partial charge on any atom is -0.0845 e. The van der Waals surface area contributed by atoms with Gasteiger partial charge in [-0.15, -0.1) is 0 Å². The molecule has 0 heteroatoms. The van der Waals surface area contributed by atoms with Crippen LogP contribution in [0.5, 0.6) is 0 Å². The highest BCUT2D eigenvalue weighted by molar-refractivity contribution is 5.25. The maximum atomic E-state index is 2.73. The summed E-state index contributed by atoms with van der Waals surface area (Å²) in [5.41, 5.74) is 3.64. The van der Waals surface area contributed by atoms with Crippen molar-refractivity contribution in [3.8, 4) is 0 Å². The van der Waals surface area contributed by atoms with E-state index in [9.17, 15) is 0 Å². The van der Waals surface area contributed by atoms with Crippen molar-refractivity contribution in [1.82, 2.24) is 0 Å². The molecule has 0 aromatic carbocycles. The van der Waals surface area contributed by atoms with Gasteiger partial charge in [-0.3, -0.25) is 0 Å². The summed E-state index contributed by atoms with van der Waals surface area (Å²) < 4.78 is 0. The molecule has 4 rings (SSSR count). The lowest BCUT2D eigenvalue weighted by Gasteiger charge is -2.59. The maximum absolute atomic E-state index is 2.73. The van der Waals surface area contributed by atoms with Crippen LogP contribution in [0.4, 0.5) is 0 Å². The van der Waals surface area contributed by atoms with E-state index in [0.29, 0.717) is 16.2 Å². The third kappa shape index (κ3) is 3.76. The van der Waals surface area contributed by atoms with Crippen molar-refractivity contribution in [3.63, 3.8) is 0 Å². The fraction of sp³-hybridized carbons (Fsp3) is 0.929. The van der Waals surface area contributed by atoms with Gasteiger partial charge in [-0.2, -0.15) is 0 Å². The summed E-state index contributed by atoms with van der Waals surface area (Å²) in [6, 6.07) is 0. The first kappa shape index (κ1) is 24.0. The summed E-state index contributed by atoms with van der Waals surface area (Å²) in [7, 11) is 0. The molecule has 0 aromatic rings. The van der Waals surface area contributed by atoms with Crippen LogP contribution in [0, 0.1) is 39.9 Å². The highest BCUT2D eigenvalue weighted by atomic mass is 14.7. The zero-order chi connectivity index (χ0) is 21.2. The van der Waals surface area contributed by atoms with Gasteiger partial charge in [0, 0.05) is 0 Å². The molecule has 0 spiro atoms. The van der Waals surface area contributed by atoms with E-state index < -0.39 is 0 Å². The van der Waals surface area contributed by atoms with Crippen LogP contribution >= 0.6 is 0 Å². The van der Waals surface area contributed by atoms with Gasteiger partial charge in [0.2, 0.25) is 0 Å². The second kappa shape index (κ2) is 9.26. The Hall–Kier alpha value is -0.260. The highest BCUT2D eigenvalue weighted by Gasteiger charge is 2.61. The van der Waals surface area contributed by atoms with E-state index in [1.165, 1.54) is 64.2 Å². The molecule has 0 nitrogen and oxygen atoms in total. The van der Waals surface area contributed by atoms with Crippen LogP contribution in [0.25, 0.3) is 0 Å². The molecule has 0 aromatic heterocycles. The second-order valence-corrected chi connectivity index (χ2v) is 11.2. The van der Waals surface area contributed by atoms with Crippen molar-refractivity contribution >= 4 is 0 Å². The topological polar surface area (TPSA) is 0 Å².